The highest BCUT2D eigenvalue weighted by atomic mass is 35.5. The number of benzene rings is 3. The molecule has 0 N–H and O–H groups in total. The predicted molar refractivity (Wildman–Crippen MR) is 165 cm³/mol. The molecule has 0 atom stereocenters. The Morgan fingerprint density at radius 3 is 2.00 bits per heavy atom. The summed E-state index contributed by atoms with van der Waals surface area (Å²) in [6.45, 7) is 10.1. The number of carbonyl (C=O) groups is 2. The lowest BCUT2D eigenvalue weighted by atomic mass is 10.0. The summed E-state index contributed by atoms with van der Waals surface area (Å²) in [7, 11) is -3.77. The van der Waals surface area contributed by atoms with Gasteiger partial charge in [-0.3, -0.25) is 9.59 Å². The number of piperazine rings is 1. The van der Waals surface area contributed by atoms with Crippen LogP contribution < -0.4 is 4.74 Å². The van der Waals surface area contributed by atoms with E-state index in [4.69, 9.17) is 27.9 Å². The summed E-state index contributed by atoms with van der Waals surface area (Å²) in [5.74, 6) is -0.323. The molecule has 1 aliphatic heterocycles. The number of sulfonamides is 1. The van der Waals surface area contributed by atoms with Crippen LogP contribution in [-0.4, -0.2) is 67.1 Å². The van der Waals surface area contributed by atoms with Crippen molar-refractivity contribution >= 4 is 45.0 Å². The lowest BCUT2D eigenvalue weighted by molar-refractivity contribution is -0.152. The Balaban J connectivity index is 1.45. The van der Waals surface area contributed by atoms with Gasteiger partial charge in [0.05, 0.1) is 4.90 Å². The number of carbonyl (C=O) groups excluding carboxylic acids is 2. The molecular weight excluding hydrogens is 597 g/mol. The van der Waals surface area contributed by atoms with E-state index in [-0.39, 0.29) is 39.3 Å². The Morgan fingerprint density at radius 1 is 0.857 bits per heavy atom. The zero-order valence-corrected chi connectivity index (χ0v) is 26.7. The van der Waals surface area contributed by atoms with Gasteiger partial charge in [0.15, 0.2) is 0 Å². The lowest BCUT2D eigenvalue weighted by Gasteiger charge is -2.35. The number of hydrogen-bond donors (Lipinski definition) is 0. The van der Waals surface area contributed by atoms with Gasteiger partial charge < -0.3 is 14.5 Å². The molecule has 42 heavy (non-hydrogen) atoms. The normalized spacial score (nSPS) is 14.1. The van der Waals surface area contributed by atoms with Gasteiger partial charge in [0.2, 0.25) is 10.0 Å². The summed E-state index contributed by atoms with van der Waals surface area (Å²) in [5, 5.41) is 1.04. The predicted octanol–water partition coefficient (Wildman–Crippen LogP) is 5.90. The third-order valence-corrected chi connectivity index (χ3v) is 10.4. The number of ether oxygens (including phenoxy) is 1. The van der Waals surface area contributed by atoms with Crippen molar-refractivity contribution in [2.75, 3.05) is 32.7 Å². The highest BCUT2D eigenvalue weighted by molar-refractivity contribution is 7.89. The van der Waals surface area contributed by atoms with Gasteiger partial charge in [-0.15, -0.1) is 0 Å². The number of rotatable bonds is 7. The number of likely N-dealkylation sites (N-methyl/N-ethyl adjacent to an activating group) is 1. The maximum Gasteiger partial charge on any atom is 0.312 e. The Morgan fingerprint density at radius 2 is 1.43 bits per heavy atom. The number of nitrogens with zero attached hydrogens (tertiary/aromatic N) is 3. The molecule has 1 fully saturated rings. The molecule has 4 rings (SSSR count). The highest BCUT2D eigenvalue weighted by Crippen LogP contribution is 2.31. The Kier molecular flexibility index (Phi) is 9.88. The maximum atomic E-state index is 13.6. The van der Waals surface area contributed by atoms with Crippen LogP contribution in [0, 0.1) is 27.7 Å². The third kappa shape index (κ3) is 6.75. The van der Waals surface area contributed by atoms with Crippen LogP contribution in [0.15, 0.2) is 53.4 Å². The minimum absolute atomic E-state index is 0.107. The summed E-state index contributed by atoms with van der Waals surface area (Å²) >= 11 is 12.2. The first-order valence-corrected chi connectivity index (χ1v) is 15.9. The van der Waals surface area contributed by atoms with Crippen molar-refractivity contribution in [3.63, 3.8) is 0 Å². The minimum atomic E-state index is -3.77. The maximum absolute atomic E-state index is 13.6. The van der Waals surface area contributed by atoms with E-state index in [1.807, 2.05) is 33.8 Å². The van der Waals surface area contributed by atoms with E-state index in [0.717, 1.165) is 22.3 Å². The smallest absolute Gasteiger partial charge is 0.312 e. The molecular formula is C31H35Cl2N3O5S. The van der Waals surface area contributed by atoms with Gasteiger partial charge in [-0.05, 0) is 93.3 Å². The average molecular weight is 633 g/mol. The SMILES string of the molecule is CCN(Cc1ccc(Cl)cc1Oc1ccc(Cl)cc1)C(=O)C(=O)N1CCN(S(=O)(=O)c2c(C)c(C)cc(C)c2C)CC1. The van der Waals surface area contributed by atoms with Gasteiger partial charge in [0.1, 0.15) is 11.5 Å². The monoisotopic (exact) mass is 631 g/mol. The van der Waals surface area contributed by atoms with Crippen LogP contribution in [0.5, 0.6) is 11.5 Å². The second-order valence-electron chi connectivity index (χ2n) is 10.4. The quantitative estimate of drug-likeness (QED) is 0.303. The summed E-state index contributed by atoms with van der Waals surface area (Å²) in [5.41, 5.74) is 3.96. The van der Waals surface area contributed by atoms with E-state index in [1.54, 1.807) is 49.4 Å². The number of hydrogen-bond acceptors (Lipinski definition) is 5. The van der Waals surface area contributed by atoms with E-state index in [0.29, 0.717) is 32.0 Å². The standard InChI is InChI=1S/C31H35Cl2N3O5S/c1-6-34(19-24-7-8-26(33)18-28(24)41-27-11-9-25(32)10-12-27)30(37)31(38)35-13-15-36(16-14-35)42(39,40)29-22(4)20(2)17-21(3)23(29)5/h7-12,17-18H,6,13-16,19H2,1-5H3. The van der Waals surface area contributed by atoms with Crippen molar-refractivity contribution in [1.29, 1.82) is 0 Å². The van der Waals surface area contributed by atoms with E-state index < -0.39 is 21.8 Å². The summed E-state index contributed by atoms with van der Waals surface area (Å²) in [4.78, 5) is 29.8. The zero-order valence-electron chi connectivity index (χ0n) is 24.4. The third-order valence-electron chi connectivity index (χ3n) is 7.70. The van der Waals surface area contributed by atoms with Crippen molar-refractivity contribution in [3.8, 4) is 11.5 Å². The molecule has 0 spiro atoms. The summed E-state index contributed by atoms with van der Waals surface area (Å²) in [6.07, 6.45) is 0. The first-order valence-electron chi connectivity index (χ1n) is 13.7. The van der Waals surface area contributed by atoms with Crippen molar-refractivity contribution in [3.05, 3.63) is 86.4 Å². The molecule has 0 aromatic heterocycles. The van der Waals surface area contributed by atoms with Gasteiger partial charge in [-0.25, -0.2) is 8.42 Å². The molecule has 3 aromatic carbocycles. The van der Waals surface area contributed by atoms with Gasteiger partial charge in [-0.1, -0.05) is 35.3 Å². The molecule has 1 aliphatic rings. The van der Waals surface area contributed by atoms with E-state index >= 15 is 0 Å². The molecule has 1 saturated heterocycles. The van der Waals surface area contributed by atoms with Crippen molar-refractivity contribution < 1.29 is 22.7 Å². The molecule has 0 saturated carbocycles. The lowest BCUT2D eigenvalue weighted by Crippen LogP contribution is -2.54. The minimum Gasteiger partial charge on any atom is -0.457 e. The Labute approximate surface area is 257 Å². The van der Waals surface area contributed by atoms with Crippen LogP contribution in [0.3, 0.4) is 0 Å². The Bertz CT molecular complexity index is 1580. The fourth-order valence-electron chi connectivity index (χ4n) is 5.02. The molecule has 0 unspecified atom stereocenters. The molecule has 3 aromatic rings. The van der Waals surface area contributed by atoms with Crippen LogP contribution in [-0.2, 0) is 26.2 Å². The summed E-state index contributed by atoms with van der Waals surface area (Å²) in [6, 6.07) is 14.0. The van der Waals surface area contributed by atoms with Crippen LogP contribution in [0.1, 0.15) is 34.7 Å². The van der Waals surface area contributed by atoms with E-state index in [9.17, 15) is 18.0 Å². The fourth-order valence-corrected chi connectivity index (χ4v) is 7.30. The number of halogens is 2. The molecule has 11 heteroatoms. The molecule has 2 amide bonds. The molecule has 0 radical (unpaired) electrons. The highest BCUT2D eigenvalue weighted by Gasteiger charge is 2.35. The van der Waals surface area contributed by atoms with E-state index in [1.165, 1.54) is 14.1 Å². The summed E-state index contributed by atoms with van der Waals surface area (Å²) < 4.78 is 34.7. The van der Waals surface area contributed by atoms with Gasteiger partial charge in [-0.2, -0.15) is 4.31 Å². The van der Waals surface area contributed by atoms with Crippen molar-refractivity contribution in [2.24, 2.45) is 0 Å². The first-order chi connectivity index (χ1) is 19.8. The van der Waals surface area contributed by atoms with Crippen molar-refractivity contribution in [2.45, 2.75) is 46.1 Å². The molecule has 0 bridgehead atoms. The van der Waals surface area contributed by atoms with Crippen LogP contribution >= 0.6 is 23.2 Å². The van der Waals surface area contributed by atoms with Crippen LogP contribution in [0.2, 0.25) is 10.0 Å². The van der Waals surface area contributed by atoms with Gasteiger partial charge in [0, 0.05) is 54.9 Å². The fraction of sp³-hybridized carbons (Fsp3) is 0.355. The van der Waals surface area contributed by atoms with Gasteiger partial charge in [0.25, 0.3) is 0 Å². The second-order valence-corrected chi connectivity index (χ2v) is 13.2. The zero-order chi connectivity index (χ0) is 30.8. The largest absolute Gasteiger partial charge is 0.457 e. The molecule has 8 nitrogen and oxygen atoms in total. The number of aryl methyl sites for hydroxylation is 2. The Hall–Kier alpha value is -3.11. The van der Waals surface area contributed by atoms with Gasteiger partial charge >= 0.3 is 11.8 Å². The van der Waals surface area contributed by atoms with Crippen LogP contribution in [0.4, 0.5) is 0 Å². The van der Waals surface area contributed by atoms with Crippen molar-refractivity contribution in [1.82, 2.24) is 14.1 Å². The average Bonchev–Trinajstić information content (AvgIpc) is 2.96. The topological polar surface area (TPSA) is 87.2 Å². The van der Waals surface area contributed by atoms with E-state index in [2.05, 4.69) is 0 Å². The van der Waals surface area contributed by atoms with Crippen LogP contribution in [0.25, 0.3) is 0 Å². The first kappa shape index (κ1) is 31.8. The number of amides is 2. The molecule has 1 heterocycles. The molecule has 0 aliphatic carbocycles. The molecule has 224 valence electrons. The second kappa shape index (κ2) is 13.0.